The van der Waals surface area contributed by atoms with Crippen molar-refractivity contribution >= 4 is 11.6 Å². The van der Waals surface area contributed by atoms with Crippen molar-refractivity contribution in [1.29, 1.82) is 0 Å². The molecule has 0 radical (unpaired) electrons. The lowest BCUT2D eigenvalue weighted by Gasteiger charge is -2.25. The number of nitrogens with one attached hydrogen (secondary N) is 1. The summed E-state index contributed by atoms with van der Waals surface area (Å²) in [5, 5.41) is 12.8. The number of fused-ring (bicyclic) bond motifs is 1. The number of hydrogen-bond acceptors (Lipinski definition) is 2. The molecule has 1 aliphatic rings. The minimum absolute atomic E-state index is 0.0472. The third-order valence-corrected chi connectivity index (χ3v) is 2.93. The van der Waals surface area contributed by atoms with E-state index in [4.69, 9.17) is 0 Å². The fourth-order valence-electron chi connectivity index (χ4n) is 2.06. The van der Waals surface area contributed by atoms with Crippen LogP contribution in [0.1, 0.15) is 24.3 Å². The van der Waals surface area contributed by atoms with Crippen LogP contribution in [0.5, 0.6) is 0 Å². The Kier molecular flexibility index (Phi) is 3.06. The lowest BCUT2D eigenvalue weighted by atomic mass is 9.88. The van der Waals surface area contributed by atoms with Gasteiger partial charge in [-0.15, -0.1) is 6.58 Å². The topological polar surface area (TPSA) is 49.3 Å². The number of carbonyl (C=O) groups is 1. The van der Waals surface area contributed by atoms with Gasteiger partial charge in [-0.1, -0.05) is 24.3 Å². The maximum absolute atomic E-state index is 11.5. The molecule has 1 heterocycles. The van der Waals surface area contributed by atoms with E-state index in [1.54, 1.807) is 6.08 Å². The Morgan fingerprint density at radius 2 is 2.19 bits per heavy atom. The third-order valence-electron chi connectivity index (χ3n) is 2.93. The van der Waals surface area contributed by atoms with Gasteiger partial charge in [0.15, 0.2) is 0 Å². The SMILES string of the molecule is C=CC1c2ccccc2NC(=O)CCC1O. The quantitative estimate of drug-likeness (QED) is 0.707. The molecule has 84 valence electrons. The molecule has 2 rings (SSSR count). The van der Waals surface area contributed by atoms with E-state index in [1.807, 2.05) is 24.3 Å². The predicted molar refractivity (Wildman–Crippen MR) is 63.3 cm³/mol. The van der Waals surface area contributed by atoms with Crippen LogP contribution in [0, 0.1) is 0 Å². The van der Waals surface area contributed by atoms with E-state index in [-0.39, 0.29) is 11.8 Å². The molecule has 1 aromatic carbocycles. The summed E-state index contributed by atoms with van der Waals surface area (Å²) in [4.78, 5) is 11.5. The van der Waals surface area contributed by atoms with E-state index in [9.17, 15) is 9.90 Å². The van der Waals surface area contributed by atoms with Crippen molar-refractivity contribution in [1.82, 2.24) is 0 Å². The number of para-hydroxylation sites is 1. The molecule has 0 fully saturated rings. The number of rotatable bonds is 1. The number of hydrogen-bond donors (Lipinski definition) is 2. The molecule has 1 amide bonds. The van der Waals surface area contributed by atoms with Gasteiger partial charge in [-0.25, -0.2) is 0 Å². The van der Waals surface area contributed by atoms with Gasteiger partial charge in [-0.3, -0.25) is 4.79 Å². The fourth-order valence-corrected chi connectivity index (χ4v) is 2.06. The molecule has 0 spiro atoms. The third kappa shape index (κ3) is 1.99. The summed E-state index contributed by atoms with van der Waals surface area (Å²) < 4.78 is 0. The van der Waals surface area contributed by atoms with E-state index in [1.165, 1.54) is 0 Å². The number of aliphatic hydroxyl groups is 1. The summed E-state index contributed by atoms with van der Waals surface area (Å²) >= 11 is 0. The Balaban J connectivity index is 2.46. The van der Waals surface area contributed by atoms with Gasteiger partial charge in [0.05, 0.1) is 6.10 Å². The summed E-state index contributed by atoms with van der Waals surface area (Å²) in [6.45, 7) is 3.75. The van der Waals surface area contributed by atoms with Crippen LogP contribution in [-0.4, -0.2) is 17.1 Å². The van der Waals surface area contributed by atoms with Crippen LogP contribution in [0.3, 0.4) is 0 Å². The molecule has 0 aromatic heterocycles. The van der Waals surface area contributed by atoms with Gasteiger partial charge in [-0.05, 0) is 18.1 Å². The summed E-state index contributed by atoms with van der Waals surface area (Å²) in [5.41, 5.74) is 1.70. The van der Waals surface area contributed by atoms with Crippen molar-refractivity contribution in [3.63, 3.8) is 0 Å². The van der Waals surface area contributed by atoms with E-state index < -0.39 is 6.10 Å². The summed E-state index contributed by atoms with van der Waals surface area (Å²) in [5.74, 6) is -0.161. The molecule has 1 aliphatic heterocycles. The van der Waals surface area contributed by atoms with Crippen LogP contribution in [0.2, 0.25) is 0 Å². The van der Waals surface area contributed by atoms with Gasteiger partial charge in [0.2, 0.25) is 5.91 Å². The zero-order valence-corrected chi connectivity index (χ0v) is 9.02. The van der Waals surface area contributed by atoms with Crippen LogP contribution in [-0.2, 0) is 4.79 Å². The van der Waals surface area contributed by atoms with Gasteiger partial charge in [0.1, 0.15) is 0 Å². The van der Waals surface area contributed by atoms with Gasteiger partial charge in [-0.2, -0.15) is 0 Å². The second kappa shape index (κ2) is 4.49. The second-order valence-corrected chi connectivity index (χ2v) is 4.00. The van der Waals surface area contributed by atoms with Gasteiger partial charge in [0, 0.05) is 18.0 Å². The van der Waals surface area contributed by atoms with Crippen molar-refractivity contribution in [2.75, 3.05) is 5.32 Å². The molecule has 2 N–H and O–H groups in total. The first-order valence-corrected chi connectivity index (χ1v) is 5.42. The van der Waals surface area contributed by atoms with Crippen molar-refractivity contribution in [2.45, 2.75) is 24.9 Å². The second-order valence-electron chi connectivity index (χ2n) is 4.00. The maximum Gasteiger partial charge on any atom is 0.224 e. The Labute approximate surface area is 94.8 Å². The van der Waals surface area contributed by atoms with Crippen molar-refractivity contribution < 1.29 is 9.90 Å². The normalized spacial score (nSPS) is 24.9. The fraction of sp³-hybridized carbons (Fsp3) is 0.308. The molecule has 2 unspecified atom stereocenters. The molecule has 0 aliphatic carbocycles. The number of anilines is 1. The van der Waals surface area contributed by atoms with Crippen LogP contribution in [0.4, 0.5) is 5.69 Å². The van der Waals surface area contributed by atoms with Gasteiger partial charge in [0.25, 0.3) is 0 Å². The number of carbonyl (C=O) groups excluding carboxylic acids is 1. The van der Waals surface area contributed by atoms with Crippen LogP contribution >= 0.6 is 0 Å². The first kappa shape index (κ1) is 10.9. The molecule has 0 saturated carbocycles. The van der Waals surface area contributed by atoms with E-state index >= 15 is 0 Å². The van der Waals surface area contributed by atoms with Crippen molar-refractivity contribution in [2.24, 2.45) is 0 Å². The standard InChI is InChI=1S/C13H15NO2/c1-2-9-10-5-3-4-6-11(10)14-13(16)8-7-12(9)15/h2-6,9,12,15H,1,7-8H2,(H,14,16). The molecule has 16 heavy (non-hydrogen) atoms. The largest absolute Gasteiger partial charge is 0.392 e. The highest BCUT2D eigenvalue weighted by molar-refractivity contribution is 5.92. The molecule has 3 heteroatoms. The molecular formula is C13H15NO2. The Morgan fingerprint density at radius 3 is 2.94 bits per heavy atom. The average molecular weight is 217 g/mol. The van der Waals surface area contributed by atoms with E-state index in [0.717, 1.165) is 11.3 Å². The lowest BCUT2D eigenvalue weighted by Crippen LogP contribution is -2.25. The predicted octanol–water partition coefficient (Wildman–Crippen LogP) is 2.05. The van der Waals surface area contributed by atoms with Crippen molar-refractivity contribution in [3.8, 4) is 0 Å². The number of amides is 1. The minimum Gasteiger partial charge on any atom is -0.392 e. The molecule has 0 bridgehead atoms. The average Bonchev–Trinajstić information content (AvgIpc) is 2.28. The monoisotopic (exact) mass is 217 g/mol. The molecule has 3 nitrogen and oxygen atoms in total. The van der Waals surface area contributed by atoms with Crippen molar-refractivity contribution in [3.05, 3.63) is 42.5 Å². The smallest absolute Gasteiger partial charge is 0.224 e. The number of aliphatic hydroxyl groups excluding tert-OH is 1. The first-order valence-electron chi connectivity index (χ1n) is 5.42. The van der Waals surface area contributed by atoms with E-state index in [0.29, 0.717) is 12.8 Å². The molecule has 0 saturated heterocycles. The summed E-state index contributed by atoms with van der Waals surface area (Å²) in [6, 6.07) is 7.53. The maximum atomic E-state index is 11.5. The molecule has 2 atom stereocenters. The molecular weight excluding hydrogens is 202 g/mol. The highest BCUT2D eigenvalue weighted by atomic mass is 16.3. The Hall–Kier alpha value is -1.61. The Bertz CT molecular complexity index is 414. The van der Waals surface area contributed by atoms with Crippen LogP contribution in [0.15, 0.2) is 36.9 Å². The molecule has 1 aromatic rings. The highest BCUT2D eigenvalue weighted by Crippen LogP contribution is 2.31. The zero-order chi connectivity index (χ0) is 11.5. The van der Waals surface area contributed by atoms with E-state index in [2.05, 4.69) is 11.9 Å². The van der Waals surface area contributed by atoms with Crippen LogP contribution < -0.4 is 5.32 Å². The summed E-state index contributed by atoms with van der Waals surface area (Å²) in [6.07, 6.45) is 2.02. The minimum atomic E-state index is -0.537. The highest BCUT2D eigenvalue weighted by Gasteiger charge is 2.24. The Morgan fingerprint density at radius 1 is 1.44 bits per heavy atom. The van der Waals surface area contributed by atoms with Gasteiger partial charge < -0.3 is 10.4 Å². The zero-order valence-electron chi connectivity index (χ0n) is 9.02. The van der Waals surface area contributed by atoms with Crippen LogP contribution in [0.25, 0.3) is 0 Å². The first-order chi connectivity index (χ1) is 7.72. The summed E-state index contributed by atoms with van der Waals surface area (Å²) in [7, 11) is 0. The lowest BCUT2D eigenvalue weighted by molar-refractivity contribution is -0.116. The van der Waals surface area contributed by atoms with Gasteiger partial charge >= 0.3 is 0 Å². The number of benzene rings is 1.